The summed E-state index contributed by atoms with van der Waals surface area (Å²) in [5.74, 6) is -0.117. The summed E-state index contributed by atoms with van der Waals surface area (Å²) in [5.41, 5.74) is 7.66. The predicted octanol–water partition coefficient (Wildman–Crippen LogP) is 2.58. The molecule has 0 aromatic heterocycles. The summed E-state index contributed by atoms with van der Waals surface area (Å²) in [7, 11) is 0. The van der Waals surface area contributed by atoms with Crippen molar-refractivity contribution in [3.8, 4) is 0 Å². The fourth-order valence-electron chi connectivity index (χ4n) is 1.89. The lowest BCUT2D eigenvalue weighted by atomic mass is 9.81. The first-order chi connectivity index (χ1) is 7.86. The highest BCUT2D eigenvalue weighted by Crippen LogP contribution is 2.34. The number of nitrogens with two attached hydrogens (primary N) is 1. The molecule has 0 bridgehead atoms. The van der Waals surface area contributed by atoms with E-state index in [1.54, 1.807) is 0 Å². The van der Waals surface area contributed by atoms with Gasteiger partial charge in [-0.3, -0.25) is 4.79 Å². The molecular weight excluding hydrogens is 248 g/mol. The average Bonchev–Trinajstić information content (AvgIpc) is 2.25. The molecule has 0 fully saturated rings. The van der Waals surface area contributed by atoms with Crippen LogP contribution in [-0.4, -0.2) is 12.5 Å². The van der Waals surface area contributed by atoms with Gasteiger partial charge in [-0.25, -0.2) is 0 Å². The maximum atomic E-state index is 11.5. The summed E-state index contributed by atoms with van der Waals surface area (Å²) in [4.78, 5) is 11.5. The third-order valence-electron chi connectivity index (χ3n) is 2.86. The van der Waals surface area contributed by atoms with Gasteiger partial charge in [-0.2, -0.15) is 0 Å². The van der Waals surface area contributed by atoms with E-state index in [-0.39, 0.29) is 36.3 Å². The van der Waals surface area contributed by atoms with Crippen molar-refractivity contribution < 1.29 is 4.79 Å². The zero-order chi connectivity index (χ0) is 13.1. The van der Waals surface area contributed by atoms with Crippen molar-refractivity contribution >= 4 is 18.3 Å². The molecule has 0 saturated heterocycles. The first-order valence-corrected chi connectivity index (χ1v) is 5.91. The van der Waals surface area contributed by atoms with Gasteiger partial charge in [0.2, 0.25) is 5.91 Å². The molecule has 0 saturated carbocycles. The minimum absolute atomic E-state index is 0. The van der Waals surface area contributed by atoms with Crippen molar-refractivity contribution in [2.75, 3.05) is 6.54 Å². The summed E-state index contributed by atoms with van der Waals surface area (Å²) < 4.78 is 0. The van der Waals surface area contributed by atoms with Crippen molar-refractivity contribution in [1.82, 2.24) is 5.32 Å². The van der Waals surface area contributed by atoms with Gasteiger partial charge in [0.15, 0.2) is 0 Å². The van der Waals surface area contributed by atoms with Crippen molar-refractivity contribution in [1.29, 1.82) is 0 Å². The minimum atomic E-state index is -0.117. The van der Waals surface area contributed by atoms with Gasteiger partial charge >= 0.3 is 0 Å². The van der Waals surface area contributed by atoms with E-state index in [9.17, 15) is 4.79 Å². The van der Waals surface area contributed by atoms with E-state index < -0.39 is 0 Å². The van der Waals surface area contributed by atoms with Crippen LogP contribution in [0.15, 0.2) is 24.3 Å². The van der Waals surface area contributed by atoms with Gasteiger partial charge in [-0.05, 0) is 23.5 Å². The van der Waals surface area contributed by atoms with E-state index in [1.807, 2.05) is 12.1 Å². The molecule has 0 heterocycles. The minimum Gasteiger partial charge on any atom is -0.348 e. The van der Waals surface area contributed by atoms with Crippen molar-refractivity contribution in [2.24, 2.45) is 11.1 Å². The van der Waals surface area contributed by atoms with Crippen LogP contribution in [0.4, 0.5) is 0 Å². The summed E-state index contributed by atoms with van der Waals surface area (Å²) in [6.45, 7) is 8.42. The number of aryl methyl sites for hydroxylation is 1. The molecular formula is C14H23ClN2O. The number of carbonyl (C=O) groups is 1. The van der Waals surface area contributed by atoms with Crippen LogP contribution in [0.25, 0.3) is 0 Å². The first-order valence-electron chi connectivity index (χ1n) is 5.91. The van der Waals surface area contributed by atoms with E-state index >= 15 is 0 Å². The lowest BCUT2D eigenvalue weighted by Crippen LogP contribution is -2.40. The summed E-state index contributed by atoms with van der Waals surface area (Å²) in [6, 6.07) is 8.10. The van der Waals surface area contributed by atoms with Crippen LogP contribution in [0.5, 0.6) is 0 Å². The Balaban J connectivity index is 0.00000289. The Morgan fingerprint density at radius 2 is 1.89 bits per heavy atom. The maximum Gasteiger partial charge on any atom is 0.234 e. The molecule has 0 radical (unpaired) electrons. The first kappa shape index (κ1) is 16.9. The number of hydrogen-bond donors (Lipinski definition) is 2. The molecule has 1 atom stereocenters. The smallest absolute Gasteiger partial charge is 0.234 e. The normalized spacial score (nSPS) is 12.5. The lowest BCUT2D eigenvalue weighted by molar-refractivity contribution is -0.121. The maximum absolute atomic E-state index is 11.5. The molecule has 1 aromatic carbocycles. The molecule has 102 valence electrons. The molecule has 3 N–H and O–H groups in total. The highest BCUT2D eigenvalue weighted by molar-refractivity contribution is 5.85. The molecule has 1 unspecified atom stereocenters. The van der Waals surface area contributed by atoms with Crippen LogP contribution >= 0.6 is 12.4 Å². The summed E-state index contributed by atoms with van der Waals surface area (Å²) in [5, 5.41) is 3.00. The molecule has 0 aliphatic heterocycles. The Morgan fingerprint density at radius 1 is 1.33 bits per heavy atom. The Bertz CT molecular complexity index is 399. The van der Waals surface area contributed by atoms with E-state index in [0.717, 1.165) is 5.56 Å². The number of halogens is 1. The monoisotopic (exact) mass is 270 g/mol. The molecule has 0 spiro atoms. The molecule has 18 heavy (non-hydrogen) atoms. The highest BCUT2D eigenvalue weighted by atomic mass is 35.5. The van der Waals surface area contributed by atoms with E-state index in [1.165, 1.54) is 5.56 Å². The van der Waals surface area contributed by atoms with Gasteiger partial charge in [-0.1, -0.05) is 45.0 Å². The van der Waals surface area contributed by atoms with Gasteiger partial charge in [0, 0.05) is 0 Å². The second kappa shape index (κ2) is 6.76. The lowest BCUT2D eigenvalue weighted by Gasteiger charge is -2.33. The van der Waals surface area contributed by atoms with Crippen LogP contribution in [0.3, 0.4) is 0 Å². The Kier molecular flexibility index (Phi) is 6.36. The van der Waals surface area contributed by atoms with Crippen molar-refractivity contribution in [2.45, 2.75) is 33.7 Å². The number of benzene rings is 1. The van der Waals surface area contributed by atoms with Crippen LogP contribution < -0.4 is 11.1 Å². The third-order valence-corrected chi connectivity index (χ3v) is 2.86. The zero-order valence-corrected chi connectivity index (χ0v) is 12.3. The number of hydrogen-bond acceptors (Lipinski definition) is 2. The fraction of sp³-hybridized carbons (Fsp3) is 0.500. The standard InChI is InChI=1S/C14H22N2O.ClH/c1-10-7-5-6-8-11(10)13(14(2,3)4)16-12(17)9-15;/h5-8,13H,9,15H2,1-4H3,(H,16,17);1H. The Hall–Kier alpha value is -1.06. The molecule has 0 aliphatic rings. The average molecular weight is 271 g/mol. The van der Waals surface area contributed by atoms with Gasteiger partial charge in [0.05, 0.1) is 12.6 Å². The Morgan fingerprint density at radius 3 is 2.33 bits per heavy atom. The second-order valence-corrected chi connectivity index (χ2v) is 5.43. The molecule has 0 aliphatic carbocycles. The molecule has 1 rings (SSSR count). The van der Waals surface area contributed by atoms with E-state index in [4.69, 9.17) is 5.73 Å². The third kappa shape index (κ3) is 4.31. The van der Waals surface area contributed by atoms with E-state index in [2.05, 4.69) is 45.1 Å². The Labute approximate surface area is 116 Å². The molecule has 1 amide bonds. The topological polar surface area (TPSA) is 55.1 Å². The quantitative estimate of drug-likeness (QED) is 0.887. The van der Waals surface area contributed by atoms with Crippen LogP contribution in [0.1, 0.15) is 37.9 Å². The molecule has 1 aromatic rings. The van der Waals surface area contributed by atoms with Gasteiger partial charge in [-0.15, -0.1) is 12.4 Å². The largest absolute Gasteiger partial charge is 0.348 e. The predicted molar refractivity (Wildman–Crippen MR) is 77.8 cm³/mol. The number of carbonyl (C=O) groups excluding carboxylic acids is 1. The zero-order valence-electron chi connectivity index (χ0n) is 11.5. The van der Waals surface area contributed by atoms with Gasteiger partial charge < -0.3 is 11.1 Å². The molecule has 4 heteroatoms. The second-order valence-electron chi connectivity index (χ2n) is 5.43. The van der Waals surface area contributed by atoms with Crippen LogP contribution in [-0.2, 0) is 4.79 Å². The highest BCUT2D eigenvalue weighted by Gasteiger charge is 2.28. The summed E-state index contributed by atoms with van der Waals surface area (Å²) in [6.07, 6.45) is 0. The molecule has 3 nitrogen and oxygen atoms in total. The van der Waals surface area contributed by atoms with Crippen molar-refractivity contribution in [3.63, 3.8) is 0 Å². The van der Waals surface area contributed by atoms with Crippen LogP contribution in [0.2, 0.25) is 0 Å². The SMILES string of the molecule is Cc1ccccc1C(NC(=O)CN)C(C)(C)C.Cl. The number of nitrogens with one attached hydrogen (secondary N) is 1. The van der Waals surface area contributed by atoms with E-state index in [0.29, 0.717) is 0 Å². The number of rotatable bonds is 3. The van der Waals surface area contributed by atoms with Gasteiger partial charge in [0.25, 0.3) is 0 Å². The summed E-state index contributed by atoms with van der Waals surface area (Å²) >= 11 is 0. The number of amides is 1. The van der Waals surface area contributed by atoms with Crippen LogP contribution in [0, 0.1) is 12.3 Å². The van der Waals surface area contributed by atoms with Crippen molar-refractivity contribution in [3.05, 3.63) is 35.4 Å². The van der Waals surface area contributed by atoms with Gasteiger partial charge in [0.1, 0.15) is 0 Å². The fourth-order valence-corrected chi connectivity index (χ4v) is 1.89.